The van der Waals surface area contributed by atoms with E-state index >= 15 is 0 Å². The van der Waals surface area contributed by atoms with Crippen LogP contribution in [-0.2, 0) is 44.4 Å². The van der Waals surface area contributed by atoms with Gasteiger partial charge in [-0.3, -0.25) is 9.59 Å². The number of nitrogens with zero attached hydrogens (tertiary/aromatic N) is 2. The maximum Gasteiger partial charge on any atom is 0.343 e. The third-order valence-corrected chi connectivity index (χ3v) is 7.84. The number of aromatic nitrogens is 2. The fraction of sp³-hybridized carbons (Fsp3) is 0.310. The Hall–Kier alpha value is -4.12. The van der Waals surface area contributed by atoms with E-state index in [1.807, 2.05) is 31.2 Å². The number of pyridine rings is 2. The number of benzene rings is 2. The monoisotopic (exact) mass is 528 g/mol. The van der Waals surface area contributed by atoms with Gasteiger partial charge in [-0.1, -0.05) is 25.1 Å². The lowest BCUT2D eigenvalue weighted by Crippen LogP contribution is -2.44. The number of hydrogen-bond acceptors (Lipinski definition) is 8. The van der Waals surface area contributed by atoms with Crippen LogP contribution in [0.2, 0.25) is 0 Å². The van der Waals surface area contributed by atoms with E-state index in [4.69, 9.17) is 20.2 Å². The SMILES string of the molecule is CC[C@@]1(O)C(=O)OCc2c1cc1n(c2=O)Cc2c-1nc1ccc3ccc(COCNC(=O)CN)cc3c1c2C. The second-order valence-corrected chi connectivity index (χ2v) is 9.98. The summed E-state index contributed by atoms with van der Waals surface area (Å²) in [4.78, 5) is 42.3. The molecule has 4 aromatic rings. The number of ether oxygens (including phenoxy) is 2. The largest absolute Gasteiger partial charge is 0.458 e. The molecule has 2 aromatic heterocycles. The quantitative estimate of drug-likeness (QED) is 0.131. The van der Waals surface area contributed by atoms with Crippen LogP contribution in [0.5, 0.6) is 0 Å². The van der Waals surface area contributed by atoms with Crippen LogP contribution >= 0.6 is 0 Å². The number of cyclic esters (lactones) is 1. The van der Waals surface area contributed by atoms with Crippen LogP contribution in [0.3, 0.4) is 0 Å². The van der Waals surface area contributed by atoms with E-state index in [1.165, 1.54) is 0 Å². The topological polar surface area (TPSA) is 146 Å². The molecule has 2 aromatic carbocycles. The summed E-state index contributed by atoms with van der Waals surface area (Å²) in [6.07, 6.45) is 0.0934. The second-order valence-electron chi connectivity index (χ2n) is 9.98. The van der Waals surface area contributed by atoms with Gasteiger partial charge in [-0.15, -0.1) is 0 Å². The molecule has 0 spiro atoms. The molecule has 10 nitrogen and oxygen atoms in total. The summed E-state index contributed by atoms with van der Waals surface area (Å²) < 4.78 is 12.4. The average molecular weight is 529 g/mol. The first kappa shape index (κ1) is 25.2. The molecule has 39 heavy (non-hydrogen) atoms. The van der Waals surface area contributed by atoms with Crippen LogP contribution in [0.25, 0.3) is 33.1 Å². The molecular formula is C29H28N4O6. The third kappa shape index (κ3) is 3.82. The van der Waals surface area contributed by atoms with Crippen molar-refractivity contribution in [1.82, 2.24) is 14.9 Å². The number of amides is 1. The molecule has 2 aliphatic heterocycles. The smallest absolute Gasteiger partial charge is 0.343 e. The standard InChI is InChI=1S/C29H28N4O6/c1-3-29(37)21-9-23-26-19(11-33(23)27(35)20(21)13-39-28(29)36)15(2)25-18-8-16(12-38-14-31-24(34)10-30)4-5-17(18)6-7-22(25)32-26/h4-9,37H,3,10-14,30H2,1-2H3,(H,31,34)/t29-/m0/s1. The molecule has 0 saturated carbocycles. The van der Waals surface area contributed by atoms with Gasteiger partial charge in [0.25, 0.3) is 5.56 Å². The molecule has 200 valence electrons. The Balaban J connectivity index is 1.45. The molecule has 0 fully saturated rings. The van der Waals surface area contributed by atoms with E-state index in [0.29, 0.717) is 35.7 Å². The summed E-state index contributed by atoms with van der Waals surface area (Å²) in [5.74, 6) is -1.02. The van der Waals surface area contributed by atoms with Gasteiger partial charge < -0.3 is 30.2 Å². The van der Waals surface area contributed by atoms with E-state index in [2.05, 4.69) is 11.4 Å². The zero-order valence-corrected chi connectivity index (χ0v) is 21.7. The molecule has 4 heterocycles. The summed E-state index contributed by atoms with van der Waals surface area (Å²) in [5, 5.41) is 16.7. The predicted molar refractivity (Wildman–Crippen MR) is 144 cm³/mol. The van der Waals surface area contributed by atoms with E-state index in [9.17, 15) is 19.5 Å². The number of rotatable bonds is 6. The first-order chi connectivity index (χ1) is 18.8. The van der Waals surface area contributed by atoms with Gasteiger partial charge in [0.1, 0.15) is 13.3 Å². The predicted octanol–water partition coefficient (Wildman–Crippen LogP) is 2.09. The lowest BCUT2D eigenvalue weighted by atomic mass is 9.86. The van der Waals surface area contributed by atoms with Gasteiger partial charge in [-0.05, 0) is 53.4 Å². The highest BCUT2D eigenvalue weighted by molar-refractivity contribution is 6.09. The number of hydrogen-bond donors (Lipinski definition) is 3. The second kappa shape index (κ2) is 9.26. The molecule has 1 amide bonds. The zero-order valence-electron chi connectivity index (χ0n) is 21.7. The van der Waals surface area contributed by atoms with Crippen molar-refractivity contribution in [2.75, 3.05) is 13.3 Å². The molecule has 0 bridgehead atoms. The molecule has 6 rings (SSSR count). The Morgan fingerprint density at radius 2 is 2.03 bits per heavy atom. The Bertz CT molecular complexity index is 1760. The van der Waals surface area contributed by atoms with Gasteiger partial charge in [-0.25, -0.2) is 9.78 Å². The minimum atomic E-state index is -1.86. The Kier molecular flexibility index (Phi) is 5.98. The molecular weight excluding hydrogens is 500 g/mol. The number of carbonyl (C=O) groups excluding carboxylic acids is 2. The van der Waals surface area contributed by atoms with Crippen molar-refractivity contribution in [3.63, 3.8) is 0 Å². The van der Waals surface area contributed by atoms with E-state index in [1.54, 1.807) is 17.6 Å². The fourth-order valence-corrected chi connectivity index (χ4v) is 5.64. The first-order valence-corrected chi connectivity index (χ1v) is 12.8. The van der Waals surface area contributed by atoms with Gasteiger partial charge in [0.05, 0.1) is 42.2 Å². The van der Waals surface area contributed by atoms with E-state index in [0.717, 1.165) is 38.4 Å². The lowest BCUT2D eigenvalue weighted by Gasteiger charge is -2.31. The van der Waals surface area contributed by atoms with Crippen molar-refractivity contribution in [2.45, 2.75) is 45.6 Å². The van der Waals surface area contributed by atoms with Gasteiger partial charge >= 0.3 is 5.97 Å². The van der Waals surface area contributed by atoms with E-state index in [-0.39, 0.29) is 37.8 Å². The number of carbonyl (C=O) groups is 2. The summed E-state index contributed by atoms with van der Waals surface area (Å²) in [6.45, 7) is 4.17. The van der Waals surface area contributed by atoms with Crippen molar-refractivity contribution in [2.24, 2.45) is 5.73 Å². The van der Waals surface area contributed by atoms with Crippen LogP contribution in [0, 0.1) is 6.92 Å². The molecule has 2 aliphatic rings. The summed E-state index contributed by atoms with van der Waals surface area (Å²) in [6, 6.07) is 11.7. The van der Waals surface area contributed by atoms with Crippen molar-refractivity contribution in [1.29, 1.82) is 0 Å². The number of nitrogens with two attached hydrogens (primary N) is 1. The fourth-order valence-electron chi connectivity index (χ4n) is 5.64. The molecule has 1 atom stereocenters. The van der Waals surface area contributed by atoms with Crippen LogP contribution in [0.1, 0.15) is 41.2 Å². The van der Waals surface area contributed by atoms with Gasteiger partial charge in [0, 0.05) is 16.5 Å². The maximum atomic E-state index is 13.5. The zero-order chi connectivity index (χ0) is 27.5. The molecule has 0 saturated heterocycles. The van der Waals surface area contributed by atoms with Crippen LogP contribution < -0.4 is 16.6 Å². The third-order valence-electron chi connectivity index (χ3n) is 7.84. The van der Waals surface area contributed by atoms with Crippen molar-refractivity contribution in [3.05, 3.63) is 74.6 Å². The first-order valence-electron chi connectivity index (χ1n) is 12.8. The highest BCUT2D eigenvalue weighted by Crippen LogP contribution is 2.41. The summed E-state index contributed by atoms with van der Waals surface area (Å²) in [5.41, 5.74) is 8.66. The number of fused-ring (bicyclic) bond motifs is 7. The number of aryl methyl sites for hydroxylation is 1. The normalized spacial score (nSPS) is 17.6. The van der Waals surface area contributed by atoms with Gasteiger partial charge in [0.2, 0.25) is 5.91 Å². The Morgan fingerprint density at radius 3 is 2.79 bits per heavy atom. The number of nitrogens with one attached hydrogen (secondary N) is 1. The van der Waals surface area contributed by atoms with Gasteiger partial charge in [0.15, 0.2) is 5.60 Å². The Morgan fingerprint density at radius 1 is 1.23 bits per heavy atom. The maximum absolute atomic E-state index is 13.5. The highest BCUT2D eigenvalue weighted by Gasteiger charge is 2.45. The molecule has 4 N–H and O–H groups in total. The van der Waals surface area contributed by atoms with Crippen LogP contribution in [0.15, 0.2) is 41.2 Å². The highest BCUT2D eigenvalue weighted by atomic mass is 16.6. The van der Waals surface area contributed by atoms with Crippen molar-refractivity contribution >= 4 is 33.6 Å². The summed E-state index contributed by atoms with van der Waals surface area (Å²) in [7, 11) is 0. The number of aliphatic hydroxyl groups is 1. The van der Waals surface area contributed by atoms with E-state index < -0.39 is 11.6 Å². The minimum absolute atomic E-state index is 0.0679. The molecule has 10 heteroatoms. The molecule has 0 unspecified atom stereocenters. The van der Waals surface area contributed by atoms with Gasteiger partial charge in [-0.2, -0.15) is 0 Å². The van der Waals surface area contributed by atoms with Crippen LogP contribution in [-0.4, -0.2) is 39.8 Å². The molecule has 0 aliphatic carbocycles. The summed E-state index contributed by atoms with van der Waals surface area (Å²) >= 11 is 0. The Labute approximate surface area is 223 Å². The van der Waals surface area contributed by atoms with Crippen molar-refractivity contribution in [3.8, 4) is 11.4 Å². The minimum Gasteiger partial charge on any atom is -0.458 e. The molecule has 0 radical (unpaired) electrons. The van der Waals surface area contributed by atoms with Crippen molar-refractivity contribution < 1.29 is 24.2 Å². The average Bonchev–Trinajstić information content (AvgIpc) is 3.32. The van der Waals surface area contributed by atoms with Crippen LogP contribution in [0.4, 0.5) is 0 Å². The lowest BCUT2D eigenvalue weighted by molar-refractivity contribution is -0.172. The number of esters is 1.